The molecule has 4 aromatic heterocycles. The standard InChI is InChI=1S/C18H16N4O4S/c23-16(19-10-13-4-1-7-24-13)12-27-18-21-20-17(15-6-3-9-26-15)22(18)11-14-5-2-8-25-14/h1-9H,10-12H2,(H,19,23). The van der Waals surface area contributed by atoms with Gasteiger partial charge in [0.1, 0.15) is 11.5 Å². The predicted molar refractivity (Wildman–Crippen MR) is 96.8 cm³/mol. The third-order valence-electron chi connectivity index (χ3n) is 3.72. The number of furan rings is 3. The molecule has 1 amide bonds. The largest absolute Gasteiger partial charge is 0.467 e. The van der Waals surface area contributed by atoms with Crippen molar-refractivity contribution in [3.05, 3.63) is 66.7 Å². The van der Waals surface area contributed by atoms with Crippen LogP contribution < -0.4 is 5.32 Å². The lowest BCUT2D eigenvalue weighted by molar-refractivity contribution is -0.118. The molecule has 0 radical (unpaired) electrons. The number of carbonyl (C=O) groups is 1. The Balaban J connectivity index is 1.46. The number of hydrogen-bond donors (Lipinski definition) is 1. The molecule has 0 saturated heterocycles. The summed E-state index contributed by atoms with van der Waals surface area (Å²) in [4.78, 5) is 12.1. The number of thioether (sulfide) groups is 1. The van der Waals surface area contributed by atoms with E-state index in [9.17, 15) is 4.79 Å². The van der Waals surface area contributed by atoms with Crippen LogP contribution in [0.1, 0.15) is 11.5 Å². The molecule has 0 saturated carbocycles. The van der Waals surface area contributed by atoms with Gasteiger partial charge in [0.25, 0.3) is 0 Å². The summed E-state index contributed by atoms with van der Waals surface area (Å²) in [6, 6.07) is 10.9. The van der Waals surface area contributed by atoms with E-state index < -0.39 is 0 Å². The van der Waals surface area contributed by atoms with E-state index in [2.05, 4.69) is 15.5 Å². The van der Waals surface area contributed by atoms with Gasteiger partial charge in [-0.25, -0.2) is 0 Å². The van der Waals surface area contributed by atoms with E-state index in [0.717, 1.165) is 5.76 Å². The van der Waals surface area contributed by atoms with E-state index in [1.807, 2.05) is 28.8 Å². The highest BCUT2D eigenvalue weighted by atomic mass is 32.2. The monoisotopic (exact) mass is 384 g/mol. The van der Waals surface area contributed by atoms with Crippen molar-refractivity contribution >= 4 is 17.7 Å². The maximum Gasteiger partial charge on any atom is 0.230 e. The molecule has 27 heavy (non-hydrogen) atoms. The molecule has 0 atom stereocenters. The van der Waals surface area contributed by atoms with Crippen LogP contribution >= 0.6 is 11.8 Å². The van der Waals surface area contributed by atoms with Crippen LogP contribution in [0.3, 0.4) is 0 Å². The number of hydrogen-bond acceptors (Lipinski definition) is 7. The molecule has 0 aliphatic heterocycles. The number of nitrogens with one attached hydrogen (secondary N) is 1. The van der Waals surface area contributed by atoms with E-state index in [0.29, 0.717) is 35.6 Å². The summed E-state index contributed by atoms with van der Waals surface area (Å²) in [5.74, 6) is 2.72. The Labute approximate surface area is 158 Å². The van der Waals surface area contributed by atoms with E-state index >= 15 is 0 Å². The first-order valence-electron chi connectivity index (χ1n) is 8.21. The summed E-state index contributed by atoms with van der Waals surface area (Å²) in [7, 11) is 0. The first kappa shape index (κ1) is 17.2. The quantitative estimate of drug-likeness (QED) is 0.466. The van der Waals surface area contributed by atoms with Crippen molar-refractivity contribution in [2.24, 2.45) is 0 Å². The average molecular weight is 384 g/mol. The van der Waals surface area contributed by atoms with Crippen molar-refractivity contribution in [2.45, 2.75) is 18.2 Å². The molecule has 0 spiro atoms. The fraction of sp³-hybridized carbons (Fsp3) is 0.167. The van der Waals surface area contributed by atoms with Gasteiger partial charge in [0.15, 0.2) is 10.9 Å². The van der Waals surface area contributed by atoms with Crippen LogP contribution in [-0.2, 0) is 17.9 Å². The molecule has 0 aromatic carbocycles. The maximum atomic E-state index is 12.1. The molecule has 1 N–H and O–H groups in total. The number of carbonyl (C=O) groups excluding carboxylic acids is 1. The zero-order valence-corrected chi connectivity index (χ0v) is 15.0. The van der Waals surface area contributed by atoms with Gasteiger partial charge in [-0.05, 0) is 36.4 Å². The molecular weight excluding hydrogens is 368 g/mol. The van der Waals surface area contributed by atoms with Crippen molar-refractivity contribution < 1.29 is 18.0 Å². The SMILES string of the molecule is O=C(CSc1nnc(-c2ccco2)n1Cc1ccco1)NCc1ccco1. The van der Waals surface area contributed by atoms with Gasteiger partial charge in [-0.3, -0.25) is 9.36 Å². The second-order valence-corrected chi connectivity index (χ2v) is 6.54. The summed E-state index contributed by atoms with van der Waals surface area (Å²) in [6.07, 6.45) is 4.76. The normalized spacial score (nSPS) is 11.0. The van der Waals surface area contributed by atoms with Gasteiger partial charge in [0.2, 0.25) is 11.7 Å². The van der Waals surface area contributed by atoms with Crippen LogP contribution in [0.5, 0.6) is 0 Å². The van der Waals surface area contributed by atoms with Gasteiger partial charge in [-0.15, -0.1) is 10.2 Å². The molecule has 0 aliphatic carbocycles. The molecular formula is C18H16N4O4S. The first-order valence-corrected chi connectivity index (χ1v) is 9.19. The second kappa shape index (κ2) is 8.00. The fourth-order valence-electron chi connectivity index (χ4n) is 2.46. The highest BCUT2D eigenvalue weighted by Gasteiger charge is 2.18. The van der Waals surface area contributed by atoms with E-state index in [1.165, 1.54) is 11.8 Å². The average Bonchev–Trinajstić information content (AvgIpc) is 3.47. The molecule has 9 heteroatoms. The Kier molecular flexibility index (Phi) is 5.10. The van der Waals surface area contributed by atoms with Gasteiger partial charge in [-0.2, -0.15) is 0 Å². The van der Waals surface area contributed by atoms with Crippen molar-refractivity contribution in [3.63, 3.8) is 0 Å². The minimum absolute atomic E-state index is 0.122. The van der Waals surface area contributed by atoms with E-state index in [4.69, 9.17) is 13.3 Å². The van der Waals surface area contributed by atoms with E-state index in [-0.39, 0.29) is 11.7 Å². The van der Waals surface area contributed by atoms with Crippen molar-refractivity contribution in [1.82, 2.24) is 20.1 Å². The zero-order valence-electron chi connectivity index (χ0n) is 14.2. The summed E-state index contributed by atoms with van der Waals surface area (Å²) in [6.45, 7) is 0.787. The molecule has 4 heterocycles. The number of aromatic nitrogens is 3. The lowest BCUT2D eigenvalue weighted by Gasteiger charge is -2.07. The molecule has 0 aliphatic rings. The zero-order chi connectivity index (χ0) is 18.5. The van der Waals surface area contributed by atoms with Gasteiger partial charge in [-0.1, -0.05) is 11.8 Å². The molecule has 8 nitrogen and oxygen atoms in total. The first-order chi connectivity index (χ1) is 13.3. The Morgan fingerprint density at radius 2 is 1.74 bits per heavy atom. The lowest BCUT2D eigenvalue weighted by atomic mass is 10.4. The molecule has 0 fully saturated rings. The smallest absolute Gasteiger partial charge is 0.230 e. The summed E-state index contributed by atoms with van der Waals surface area (Å²) < 4.78 is 17.9. The summed E-state index contributed by atoms with van der Waals surface area (Å²) in [5.41, 5.74) is 0. The second-order valence-electron chi connectivity index (χ2n) is 5.59. The van der Waals surface area contributed by atoms with Crippen LogP contribution in [0.2, 0.25) is 0 Å². The summed E-state index contributed by atoms with van der Waals surface area (Å²) >= 11 is 1.30. The summed E-state index contributed by atoms with van der Waals surface area (Å²) in [5, 5.41) is 11.8. The molecule has 4 rings (SSSR count). The maximum absolute atomic E-state index is 12.1. The Morgan fingerprint density at radius 1 is 1.00 bits per heavy atom. The molecule has 0 bridgehead atoms. The highest BCUT2D eigenvalue weighted by molar-refractivity contribution is 7.99. The number of amides is 1. The van der Waals surface area contributed by atoms with Gasteiger partial charge < -0.3 is 18.6 Å². The number of nitrogens with zero attached hydrogens (tertiary/aromatic N) is 3. The van der Waals surface area contributed by atoms with E-state index in [1.54, 1.807) is 30.9 Å². The topological polar surface area (TPSA) is 99.2 Å². The minimum Gasteiger partial charge on any atom is -0.467 e. The third-order valence-corrected chi connectivity index (χ3v) is 4.69. The Bertz CT molecular complexity index is 975. The third kappa shape index (κ3) is 4.14. The molecule has 4 aromatic rings. The Morgan fingerprint density at radius 3 is 2.44 bits per heavy atom. The van der Waals surface area contributed by atoms with Crippen molar-refractivity contribution in [3.8, 4) is 11.6 Å². The fourth-order valence-corrected chi connectivity index (χ4v) is 3.23. The minimum atomic E-state index is -0.122. The van der Waals surface area contributed by atoms with Crippen LogP contribution in [0.15, 0.2) is 73.6 Å². The van der Waals surface area contributed by atoms with Crippen LogP contribution in [-0.4, -0.2) is 26.4 Å². The van der Waals surface area contributed by atoms with Gasteiger partial charge in [0, 0.05) is 0 Å². The van der Waals surface area contributed by atoms with Gasteiger partial charge >= 0.3 is 0 Å². The Hall–Kier alpha value is -3.20. The molecule has 138 valence electrons. The lowest BCUT2D eigenvalue weighted by Crippen LogP contribution is -2.24. The van der Waals surface area contributed by atoms with Crippen molar-refractivity contribution in [1.29, 1.82) is 0 Å². The van der Waals surface area contributed by atoms with Crippen LogP contribution in [0.4, 0.5) is 0 Å². The van der Waals surface area contributed by atoms with Crippen LogP contribution in [0.25, 0.3) is 11.6 Å². The van der Waals surface area contributed by atoms with Crippen LogP contribution in [0, 0.1) is 0 Å². The molecule has 0 unspecified atom stereocenters. The highest BCUT2D eigenvalue weighted by Crippen LogP contribution is 2.25. The number of rotatable bonds is 8. The van der Waals surface area contributed by atoms with Crippen molar-refractivity contribution in [2.75, 3.05) is 5.75 Å². The van der Waals surface area contributed by atoms with Gasteiger partial charge in [0.05, 0.1) is 37.6 Å². The predicted octanol–water partition coefficient (Wildman–Crippen LogP) is 3.18.